The fraction of sp³-hybridized carbons (Fsp3) is 0.300. The Hall–Kier alpha value is -4.11. The van der Waals surface area contributed by atoms with Crippen LogP contribution in [0, 0.1) is 0 Å². The molecule has 1 aliphatic heterocycles. The Morgan fingerprint density at radius 2 is 1.90 bits per heavy atom. The number of esters is 1. The van der Waals surface area contributed by atoms with Crippen LogP contribution in [0.1, 0.15) is 43.9 Å². The maximum atomic E-state index is 13.8. The van der Waals surface area contributed by atoms with E-state index in [2.05, 4.69) is 18.5 Å². The average Bonchev–Trinajstić information content (AvgIpc) is 3.25. The number of aromatic nitrogens is 1. The number of carbonyl (C=O) groups excluding carboxylic acids is 1. The summed E-state index contributed by atoms with van der Waals surface area (Å²) in [5, 5.41) is 0. The van der Waals surface area contributed by atoms with Gasteiger partial charge in [0, 0.05) is 0 Å². The summed E-state index contributed by atoms with van der Waals surface area (Å²) in [5.41, 5.74) is 2.05. The van der Waals surface area contributed by atoms with E-state index in [-0.39, 0.29) is 12.2 Å². The third-order valence-corrected chi connectivity index (χ3v) is 7.23. The van der Waals surface area contributed by atoms with Gasteiger partial charge in [-0.15, -0.1) is 0 Å². The van der Waals surface area contributed by atoms with Gasteiger partial charge in [0.2, 0.25) is 0 Å². The Morgan fingerprint density at radius 3 is 2.56 bits per heavy atom. The molecule has 0 saturated carbocycles. The van der Waals surface area contributed by atoms with Crippen molar-refractivity contribution in [3.8, 4) is 17.2 Å². The first kappa shape index (κ1) is 27.9. The van der Waals surface area contributed by atoms with E-state index in [0.717, 1.165) is 24.0 Å². The minimum Gasteiger partial charge on any atom is -0.497 e. The van der Waals surface area contributed by atoms with Crippen molar-refractivity contribution in [2.45, 2.75) is 32.7 Å². The van der Waals surface area contributed by atoms with Gasteiger partial charge in [-0.25, -0.2) is 9.79 Å². The van der Waals surface area contributed by atoms with Crippen LogP contribution in [0.25, 0.3) is 6.08 Å². The first-order chi connectivity index (χ1) is 18.9. The van der Waals surface area contributed by atoms with Crippen LogP contribution >= 0.6 is 11.3 Å². The van der Waals surface area contributed by atoms with Crippen LogP contribution < -0.4 is 29.1 Å². The Labute approximate surface area is 231 Å². The highest BCUT2D eigenvalue weighted by molar-refractivity contribution is 7.07. The molecule has 0 spiro atoms. The second-order valence-electron chi connectivity index (χ2n) is 8.85. The zero-order chi connectivity index (χ0) is 27.9. The molecule has 0 N–H and O–H groups in total. The molecule has 1 aliphatic rings. The zero-order valence-electron chi connectivity index (χ0n) is 22.6. The largest absolute Gasteiger partial charge is 0.497 e. The molecule has 39 heavy (non-hydrogen) atoms. The van der Waals surface area contributed by atoms with Crippen LogP contribution in [-0.4, -0.2) is 38.0 Å². The van der Waals surface area contributed by atoms with Crippen molar-refractivity contribution in [1.29, 1.82) is 0 Å². The molecule has 0 unspecified atom stereocenters. The summed E-state index contributed by atoms with van der Waals surface area (Å²) in [6.45, 7) is 8.13. The molecular weight excluding hydrogens is 516 g/mol. The van der Waals surface area contributed by atoms with Gasteiger partial charge in [0.15, 0.2) is 16.3 Å². The lowest BCUT2D eigenvalue weighted by Crippen LogP contribution is -2.39. The number of hydrogen-bond acceptors (Lipinski definition) is 8. The third-order valence-electron chi connectivity index (χ3n) is 6.25. The predicted octanol–water partition coefficient (Wildman–Crippen LogP) is 4.16. The second-order valence-corrected chi connectivity index (χ2v) is 9.86. The Morgan fingerprint density at radius 1 is 1.13 bits per heavy atom. The Balaban J connectivity index is 1.82. The van der Waals surface area contributed by atoms with Crippen LogP contribution in [0.15, 0.2) is 76.2 Å². The molecule has 2 heterocycles. The lowest BCUT2D eigenvalue weighted by atomic mass is 9.96. The lowest BCUT2D eigenvalue weighted by molar-refractivity contribution is -0.138. The van der Waals surface area contributed by atoms with E-state index < -0.39 is 12.0 Å². The van der Waals surface area contributed by atoms with Gasteiger partial charge in [0.25, 0.3) is 5.56 Å². The number of hydrogen-bond donors (Lipinski definition) is 0. The van der Waals surface area contributed by atoms with Crippen LogP contribution in [0.2, 0.25) is 0 Å². The SMILES string of the molecule is C=CCOC(=O)C1=C(C)N=c2s/c(=C\c3ccc(OCCCC)c(OC)c3)c(=O)n2[C@H]1c1ccc(OC)cc1. The highest BCUT2D eigenvalue weighted by Crippen LogP contribution is 2.32. The van der Waals surface area contributed by atoms with Crippen LogP contribution in [0.4, 0.5) is 0 Å². The molecule has 0 aliphatic carbocycles. The summed E-state index contributed by atoms with van der Waals surface area (Å²) < 4.78 is 24.1. The lowest BCUT2D eigenvalue weighted by Gasteiger charge is -2.24. The van der Waals surface area contributed by atoms with Gasteiger partial charge in [-0.1, -0.05) is 55.5 Å². The summed E-state index contributed by atoms with van der Waals surface area (Å²) in [6, 6.07) is 12.1. The number of ether oxygens (including phenoxy) is 4. The number of allylic oxidation sites excluding steroid dienone is 1. The Kier molecular flexibility index (Phi) is 9.03. The molecule has 0 saturated heterocycles. The number of carbonyl (C=O) groups is 1. The Bertz CT molecular complexity index is 1570. The summed E-state index contributed by atoms with van der Waals surface area (Å²) >= 11 is 1.26. The monoisotopic (exact) mass is 548 g/mol. The number of rotatable bonds is 11. The molecule has 0 radical (unpaired) electrons. The molecule has 1 atom stereocenters. The normalized spacial score (nSPS) is 14.9. The molecule has 0 bridgehead atoms. The maximum absolute atomic E-state index is 13.8. The molecule has 204 valence electrons. The second kappa shape index (κ2) is 12.6. The number of fused-ring (bicyclic) bond motifs is 1. The van der Waals surface area contributed by atoms with Crippen molar-refractivity contribution >= 4 is 23.4 Å². The van der Waals surface area contributed by atoms with Crippen LogP contribution in [0.3, 0.4) is 0 Å². The molecular formula is C30H32N2O6S. The predicted molar refractivity (Wildman–Crippen MR) is 151 cm³/mol. The standard InChI is InChI=1S/C30H32N2O6S/c1-6-8-16-37-23-14-9-20(17-24(23)36-5)18-25-28(33)32-27(21-10-12-22(35-4)13-11-21)26(29(34)38-15-7-2)19(3)31-30(32)39-25/h7,9-14,17-18,27H,2,6,8,15-16H2,1,3-5H3/b25-18-/t27-/m0/s1. The first-order valence-corrected chi connectivity index (χ1v) is 13.5. The van der Waals surface area contributed by atoms with Gasteiger partial charge < -0.3 is 18.9 Å². The maximum Gasteiger partial charge on any atom is 0.338 e. The van der Waals surface area contributed by atoms with E-state index in [0.29, 0.717) is 44.5 Å². The van der Waals surface area contributed by atoms with Crippen molar-refractivity contribution in [2.24, 2.45) is 4.99 Å². The quantitative estimate of drug-likeness (QED) is 0.203. The number of unbranched alkanes of at least 4 members (excludes halogenated alkanes) is 1. The van der Waals surface area contributed by atoms with Crippen LogP contribution in [0.5, 0.6) is 17.2 Å². The molecule has 2 aromatic carbocycles. The smallest absolute Gasteiger partial charge is 0.338 e. The molecule has 9 heteroatoms. The third kappa shape index (κ3) is 5.98. The van der Waals surface area contributed by atoms with E-state index in [1.807, 2.05) is 30.3 Å². The molecule has 0 fully saturated rings. The number of methoxy groups -OCH3 is 2. The average molecular weight is 549 g/mol. The fourth-order valence-corrected chi connectivity index (χ4v) is 5.31. The summed E-state index contributed by atoms with van der Waals surface area (Å²) in [5.74, 6) is 1.36. The summed E-state index contributed by atoms with van der Waals surface area (Å²) in [4.78, 5) is 32.1. The zero-order valence-corrected chi connectivity index (χ0v) is 23.4. The van der Waals surface area contributed by atoms with Crippen molar-refractivity contribution in [2.75, 3.05) is 27.4 Å². The van der Waals surface area contributed by atoms with Gasteiger partial charge in [0.05, 0.1) is 42.7 Å². The minimum atomic E-state index is -0.713. The van der Waals surface area contributed by atoms with E-state index in [4.69, 9.17) is 18.9 Å². The summed E-state index contributed by atoms with van der Waals surface area (Å²) in [7, 11) is 3.17. The molecule has 3 aromatic rings. The van der Waals surface area contributed by atoms with Crippen molar-refractivity contribution in [3.05, 3.63) is 97.2 Å². The first-order valence-electron chi connectivity index (χ1n) is 12.7. The molecule has 1 aromatic heterocycles. The van der Waals surface area contributed by atoms with E-state index in [1.165, 1.54) is 17.4 Å². The van der Waals surface area contributed by atoms with Gasteiger partial charge in [-0.3, -0.25) is 9.36 Å². The van der Waals surface area contributed by atoms with Crippen molar-refractivity contribution in [3.63, 3.8) is 0 Å². The van der Waals surface area contributed by atoms with Gasteiger partial charge in [-0.05, 0) is 54.8 Å². The van der Waals surface area contributed by atoms with Crippen molar-refractivity contribution in [1.82, 2.24) is 4.57 Å². The number of nitrogens with zero attached hydrogens (tertiary/aromatic N) is 2. The molecule has 8 nitrogen and oxygen atoms in total. The van der Waals surface area contributed by atoms with Crippen molar-refractivity contribution < 1.29 is 23.7 Å². The highest BCUT2D eigenvalue weighted by Gasteiger charge is 2.33. The van der Waals surface area contributed by atoms with Crippen LogP contribution in [-0.2, 0) is 9.53 Å². The molecule has 0 amide bonds. The molecule has 4 rings (SSSR count). The van der Waals surface area contributed by atoms with Gasteiger partial charge in [-0.2, -0.15) is 0 Å². The van der Waals surface area contributed by atoms with E-state index in [9.17, 15) is 9.59 Å². The highest BCUT2D eigenvalue weighted by atomic mass is 32.1. The number of benzene rings is 2. The minimum absolute atomic E-state index is 0.0509. The van der Waals surface area contributed by atoms with Gasteiger partial charge in [0.1, 0.15) is 12.4 Å². The fourth-order valence-electron chi connectivity index (χ4n) is 4.27. The van der Waals surface area contributed by atoms with E-state index >= 15 is 0 Å². The van der Waals surface area contributed by atoms with Gasteiger partial charge >= 0.3 is 5.97 Å². The summed E-state index contributed by atoms with van der Waals surface area (Å²) in [6.07, 6.45) is 5.28. The number of thiazole rings is 1. The van der Waals surface area contributed by atoms with E-state index in [1.54, 1.807) is 43.9 Å². The topological polar surface area (TPSA) is 88.4 Å².